The first-order chi connectivity index (χ1) is 7.88. The molecule has 1 fully saturated rings. The molecule has 0 radical (unpaired) electrons. The molecule has 1 atom stereocenters. The van der Waals surface area contributed by atoms with Crippen molar-refractivity contribution < 1.29 is 4.74 Å². The van der Waals surface area contributed by atoms with E-state index >= 15 is 0 Å². The summed E-state index contributed by atoms with van der Waals surface area (Å²) in [6, 6.07) is 9.98. The van der Waals surface area contributed by atoms with Gasteiger partial charge in [0.2, 0.25) is 0 Å². The topological polar surface area (TPSA) is 38.5 Å². The summed E-state index contributed by atoms with van der Waals surface area (Å²) in [5, 5.41) is 0. The first kappa shape index (κ1) is 11.4. The fourth-order valence-electron chi connectivity index (χ4n) is 2.12. The average Bonchev–Trinajstić information content (AvgIpc) is 2.78. The van der Waals surface area contributed by atoms with Crippen LogP contribution in [0, 0.1) is 5.92 Å². The number of nitrogens with two attached hydrogens (primary N) is 1. The lowest BCUT2D eigenvalue weighted by Crippen LogP contribution is -2.27. The molecular weight excluding hydrogens is 200 g/mol. The van der Waals surface area contributed by atoms with Crippen LogP contribution in [0.2, 0.25) is 0 Å². The molecule has 1 aliphatic heterocycles. The normalized spacial score (nSPS) is 21.2. The molecule has 88 valence electrons. The molecule has 3 nitrogen and oxygen atoms in total. The lowest BCUT2D eigenvalue weighted by Gasteiger charge is -2.15. The number of rotatable bonds is 5. The number of para-hydroxylation sites is 1. The van der Waals surface area contributed by atoms with Crippen molar-refractivity contribution in [3.05, 3.63) is 30.3 Å². The largest absolute Gasteiger partial charge is 0.492 e. The maximum Gasteiger partial charge on any atom is 0.119 e. The van der Waals surface area contributed by atoms with Gasteiger partial charge >= 0.3 is 0 Å². The van der Waals surface area contributed by atoms with Gasteiger partial charge in [0.1, 0.15) is 12.4 Å². The molecule has 0 aromatic heterocycles. The van der Waals surface area contributed by atoms with Gasteiger partial charge in [0, 0.05) is 13.1 Å². The van der Waals surface area contributed by atoms with Gasteiger partial charge in [-0.1, -0.05) is 18.2 Å². The van der Waals surface area contributed by atoms with Crippen LogP contribution in [-0.4, -0.2) is 37.7 Å². The highest BCUT2D eigenvalue weighted by Crippen LogP contribution is 2.14. The molecule has 0 amide bonds. The molecule has 2 rings (SSSR count). The molecule has 1 unspecified atom stereocenters. The fourth-order valence-corrected chi connectivity index (χ4v) is 2.12. The van der Waals surface area contributed by atoms with Crippen LogP contribution >= 0.6 is 0 Å². The lowest BCUT2D eigenvalue weighted by molar-refractivity contribution is 0.233. The van der Waals surface area contributed by atoms with Crippen molar-refractivity contribution in [2.45, 2.75) is 6.42 Å². The van der Waals surface area contributed by atoms with Crippen LogP contribution in [0.4, 0.5) is 0 Å². The third-order valence-corrected chi connectivity index (χ3v) is 3.12. The number of nitrogens with zero attached hydrogens (tertiary/aromatic N) is 1. The van der Waals surface area contributed by atoms with Crippen molar-refractivity contribution in [2.75, 3.05) is 32.8 Å². The van der Waals surface area contributed by atoms with E-state index in [1.54, 1.807) is 0 Å². The molecule has 1 aliphatic rings. The van der Waals surface area contributed by atoms with Gasteiger partial charge in [-0.15, -0.1) is 0 Å². The molecule has 0 aliphatic carbocycles. The zero-order valence-electron chi connectivity index (χ0n) is 9.64. The van der Waals surface area contributed by atoms with Crippen LogP contribution < -0.4 is 10.5 Å². The summed E-state index contributed by atoms with van der Waals surface area (Å²) in [6.07, 6.45) is 1.24. The molecule has 1 aromatic carbocycles. The molecule has 0 spiro atoms. The minimum atomic E-state index is 0.691. The minimum Gasteiger partial charge on any atom is -0.492 e. The molecule has 0 bridgehead atoms. The fraction of sp³-hybridized carbons (Fsp3) is 0.538. The van der Waals surface area contributed by atoms with E-state index in [1.807, 2.05) is 30.3 Å². The SMILES string of the molecule is NCC1CCN(CCOc2ccccc2)C1. The van der Waals surface area contributed by atoms with Gasteiger partial charge in [-0.2, -0.15) is 0 Å². The summed E-state index contributed by atoms with van der Waals surface area (Å²) < 4.78 is 5.66. The zero-order valence-corrected chi connectivity index (χ0v) is 9.64. The second-order valence-corrected chi connectivity index (χ2v) is 4.35. The van der Waals surface area contributed by atoms with Gasteiger partial charge < -0.3 is 10.5 Å². The summed E-state index contributed by atoms with van der Waals surface area (Å²) in [5.74, 6) is 1.65. The van der Waals surface area contributed by atoms with Crippen molar-refractivity contribution in [2.24, 2.45) is 11.7 Å². The molecule has 1 heterocycles. The van der Waals surface area contributed by atoms with Crippen LogP contribution in [0.15, 0.2) is 30.3 Å². The zero-order chi connectivity index (χ0) is 11.2. The minimum absolute atomic E-state index is 0.691. The smallest absolute Gasteiger partial charge is 0.119 e. The van der Waals surface area contributed by atoms with Gasteiger partial charge in [-0.25, -0.2) is 0 Å². The highest BCUT2D eigenvalue weighted by Gasteiger charge is 2.20. The Balaban J connectivity index is 1.65. The average molecular weight is 220 g/mol. The van der Waals surface area contributed by atoms with E-state index in [4.69, 9.17) is 10.5 Å². The Morgan fingerprint density at radius 2 is 2.12 bits per heavy atom. The quantitative estimate of drug-likeness (QED) is 0.814. The van der Waals surface area contributed by atoms with Crippen molar-refractivity contribution in [1.82, 2.24) is 4.90 Å². The molecule has 1 aromatic rings. The monoisotopic (exact) mass is 220 g/mol. The Labute approximate surface area is 97.2 Å². The summed E-state index contributed by atoms with van der Waals surface area (Å²) in [5.41, 5.74) is 5.66. The van der Waals surface area contributed by atoms with E-state index in [1.165, 1.54) is 13.0 Å². The van der Waals surface area contributed by atoms with Gasteiger partial charge in [0.05, 0.1) is 0 Å². The predicted octanol–water partition coefficient (Wildman–Crippen LogP) is 1.35. The first-order valence-electron chi connectivity index (χ1n) is 5.99. The standard InChI is InChI=1S/C13H20N2O/c14-10-12-6-7-15(11-12)8-9-16-13-4-2-1-3-5-13/h1-5,12H,6-11,14H2. The van der Waals surface area contributed by atoms with E-state index in [0.717, 1.165) is 32.0 Å². The highest BCUT2D eigenvalue weighted by atomic mass is 16.5. The van der Waals surface area contributed by atoms with Gasteiger partial charge in [0.15, 0.2) is 0 Å². The number of benzene rings is 1. The summed E-state index contributed by atoms with van der Waals surface area (Å²) in [4.78, 5) is 2.43. The second-order valence-electron chi connectivity index (χ2n) is 4.35. The summed E-state index contributed by atoms with van der Waals surface area (Å²) in [6.45, 7) is 4.89. The predicted molar refractivity (Wildman–Crippen MR) is 65.5 cm³/mol. The maximum absolute atomic E-state index is 5.66. The first-order valence-corrected chi connectivity index (χ1v) is 5.99. The summed E-state index contributed by atoms with van der Waals surface area (Å²) in [7, 11) is 0. The van der Waals surface area contributed by atoms with Crippen molar-refractivity contribution in [3.63, 3.8) is 0 Å². The van der Waals surface area contributed by atoms with Gasteiger partial charge in [0.25, 0.3) is 0 Å². The van der Waals surface area contributed by atoms with E-state index in [2.05, 4.69) is 4.90 Å². The Morgan fingerprint density at radius 3 is 2.81 bits per heavy atom. The van der Waals surface area contributed by atoms with Gasteiger partial charge in [-0.3, -0.25) is 4.90 Å². The number of hydrogen-bond donors (Lipinski definition) is 1. The van der Waals surface area contributed by atoms with E-state index in [0.29, 0.717) is 5.92 Å². The van der Waals surface area contributed by atoms with Crippen LogP contribution in [0.25, 0.3) is 0 Å². The van der Waals surface area contributed by atoms with E-state index in [-0.39, 0.29) is 0 Å². The third-order valence-electron chi connectivity index (χ3n) is 3.12. The number of likely N-dealkylation sites (tertiary alicyclic amines) is 1. The van der Waals surface area contributed by atoms with E-state index < -0.39 is 0 Å². The molecular formula is C13H20N2O. The van der Waals surface area contributed by atoms with Gasteiger partial charge in [-0.05, 0) is 37.6 Å². The Kier molecular flexibility index (Phi) is 4.19. The third kappa shape index (κ3) is 3.22. The van der Waals surface area contributed by atoms with Crippen LogP contribution in [0.5, 0.6) is 5.75 Å². The lowest BCUT2D eigenvalue weighted by atomic mass is 10.1. The van der Waals surface area contributed by atoms with Crippen molar-refractivity contribution in [1.29, 1.82) is 0 Å². The van der Waals surface area contributed by atoms with Crippen molar-refractivity contribution >= 4 is 0 Å². The second kappa shape index (κ2) is 5.87. The van der Waals surface area contributed by atoms with Crippen LogP contribution in [0.3, 0.4) is 0 Å². The van der Waals surface area contributed by atoms with E-state index in [9.17, 15) is 0 Å². The number of hydrogen-bond acceptors (Lipinski definition) is 3. The molecule has 0 saturated carbocycles. The Morgan fingerprint density at radius 1 is 1.31 bits per heavy atom. The van der Waals surface area contributed by atoms with Crippen LogP contribution in [0.1, 0.15) is 6.42 Å². The Hall–Kier alpha value is -1.06. The Bertz CT molecular complexity index is 302. The molecule has 2 N–H and O–H groups in total. The maximum atomic E-state index is 5.66. The molecule has 3 heteroatoms. The summed E-state index contributed by atoms with van der Waals surface area (Å²) >= 11 is 0. The molecule has 1 saturated heterocycles. The molecule has 16 heavy (non-hydrogen) atoms. The highest BCUT2D eigenvalue weighted by molar-refractivity contribution is 5.20. The van der Waals surface area contributed by atoms with Crippen LogP contribution in [-0.2, 0) is 0 Å². The number of ether oxygens (including phenoxy) is 1. The van der Waals surface area contributed by atoms with Crippen molar-refractivity contribution in [3.8, 4) is 5.75 Å².